The van der Waals surface area contributed by atoms with E-state index in [1.807, 2.05) is 56.3 Å². The van der Waals surface area contributed by atoms with Gasteiger partial charge in [-0.3, -0.25) is 4.79 Å². The maximum absolute atomic E-state index is 14.3. The number of nitrogens with one attached hydrogen (secondary N) is 1. The van der Waals surface area contributed by atoms with Crippen LogP contribution in [0.4, 0.5) is 14.5 Å². The highest BCUT2D eigenvalue weighted by Crippen LogP contribution is 2.32. The van der Waals surface area contributed by atoms with Crippen molar-refractivity contribution in [2.45, 2.75) is 45.1 Å². The van der Waals surface area contributed by atoms with Crippen molar-refractivity contribution in [2.24, 2.45) is 5.92 Å². The zero-order valence-electron chi connectivity index (χ0n) is 20.9. The molecule has 0 unspecified atom stereocenters. The molecule has 0 spiro atoms. The Morgan fingerprint density at radius 3 is 2.47 bits per heavy atom. The van der Waals surface area contributed by atoms with Gasteiger partial charge in [-0.1, -0.05) is 56.3 Å². The number of carbonyl (C=O) groups excluding carboxylic acids is 1. The second-order valence-corrected chi connectivity index (χ2v) is 9.77. The maximum Gasteiger partial charge on any atom is 0.226 e. The van der Waals surface area contributed by atoms with Crippen LogP contribution in [0.1, 0.15) is 56.3 Å². The summed E-state index contributed by atoms with van der Waals surface area (Å²) >= 11 is 0. The number of hydrogen-bond acceptors (Lipinski definition) is 3. The molecule has 4 rings (SSSR count). The molecule has 0 aliphatic carbocycles. The molecule has 1 atom stereocenters. The predicted molar refractivity (Wildman–Crippen MR) is 139 cm³/mol. The van der Waals surface area contributed by atoms with Gasteiger partial charge in [-0.2, -0.15) is 0 Å². The molecule has 3 aromatic carbocycles. The van der Waals surface area contributed by atoms with Crippen LogP contribution in [0, 0.1) is 17.6 Å². The first-order chi connectivity index (χ1) is 17.4. The molecule has 0 radical (unpaired) electrons. The standard InChI is InChI=1S/C30H34F2N2O2/c1-21(2)30(35)33-26-10-6-9-24(19-26)22-13-16-34(17-14-22)18-15-28(23-7-4-3-5-8-23)36-29-20-25(31)11-12-27(29)32/h3-12,19-22,28H,13-18H2,1-2H3,(H,33,35)/t28-/m1/s1. The van der Waals surface area contributed by atoms with Gasteiger partial charge in [0.25, 0.3) is 0 Å². The molecule has 1 fully saturated rings. The Morgan fingerprint density at radius 1 is 1.00 bits per heavy atom. The number of carbonyl (C=O) groups is 1. The molecule has 1 amide bonds. The van der Waals surface area contributed by atoms with E-state index in [1.54, 1.807) is 0 Å². The van der Waals surface area contributed by atoms with Crippen LogP contribution in [0.25, 0.3) is 0 Å². The Balaban J connectivity index is 1.35. The van der Waals surface area contributed by atoms with E-state index in [0.717, 1.165) is 61.9 Å². The highest BCUT2D eigenvalue weighted by Gasteiger charge is 2.23. The molecule has 1 aliphatic heterocycles. The number of amides is 1. The van der Waals surface area contributed by atoms with E-state index in [1.165, 1.54) is 5.56 Å². The summed E-state index contributed by atoms with van der Waals surface area (Å²) in [4.78, 5) is 14.5. The van der Waals surface area contributed by atoms with Crippen molar-refractivity contribution in [3.05, 3.63) is 95.6 Å². The molecule has 6 heteroatoms. The zero-order valence-corrected chi connectivity index (χ0v) is 20.9. The maximum atomic E-state index is 14.3. The molecule has 3 aromatic rings. The molecule has 36 heavy (non-hydrogen) atoms. The molecular weight excluding hydrogens is 458 g/mol. The lowest BCUT2D eigenvalue weighted by atomic mass is 9.89. The Bertz CT molecular complexity index is 1140. The number of rotatable bonds is 9. The lowest BCUT2D eigenvalue weighted by Crippen LogP contribution is -2.34. The van der Waals surface area contributed by atoms with Gasteiger partial charge in [0.15, 0.2) is 11.6 Å². The molecule has 0 aromatic heterocycles. The minimum absolute atomic E-state index is 0.0234. The minimum Gasteiger partial charge on any atom is -0.483 e. The van der Waals surface area contributed by atoms with Crippen LogP contribution in [0.15, 0.2) is 72.8 Å². The van der Waals surface area contributed by atoms with Crippen LogP contribution in [-0.4, -0.2) is 30.4 Å². The smallest absolute Gasteiger partial charge is 0.226 e. The Morgan fingerprint density at radius 2 is 1.75 bits per heavy atom. The lowest BCUT2D eigenvalue weighted by Gasteiger charge is -2.33. The number of hydrogen-bond donors (Lipinski definition) is 1. The molecule has 190 valence electrons. The molecule has 0 bridgehead atoms. The average Bonchev–Trinajstić information content (AvgIpc) is 2.89. The van der Waals surface area contributed by atoms with E-state index >= 15 is 0 Å². The average molecular weight is 493 g/mol. The quantitative estimate of drug-likeness (QED) is 0.351. The third-order valence-corrected chi connectivity index (χ3v) is 6.78. The number of benzene rings is 3. The van der Waals surface area contributed by atoms with Gasteiger partial charge in [0, 0.05) is 30.6 Å². The summed E-state index contributed by atoms with van der Waals surface area (Å²) in [5, 5.41) is 2.99. The van der Waals surface area contributed by atoms with Gasteiger partial charge in [-0.25, -0.2) is 8.78 Å². The van der Waals surface area contributed by atoms with Crippen molar-refractivity contribution in [3.8, 4) is 5.75 Å². The van der Waals surface area contributed by atoms with Gasteiger partial charge >= 0.3 is 0 Å². The van der Waals surface area contributed by atoms with E-state index in [-0.39, 0.29) is 23.7 Å². The minimum atomic E-state index is -0.565. The fourth-order valence-corrected chi connectivity index (χ4v) is 4.63. The van der Waals surface area contributed by atoms with Crippen molar-refractivity contribution in [3.63, 3.8) is 0 Å². The van der Waals surface area contributed by atoms with E-state index in [0.29, 0.717) is 12.3 Å². The summed E-state index contributed by atoms with van der Waals surface area (Å²) in [5.41, 5.74) is 3.04. The topological polar surface area (TPSA) is 41.6 Å². The van der Waals surface area contributed by atoms with Gasteiger partial charge in [0.1, 0.15) is 11.9 Å². The summed E-state index contributed by atoms with van der Waals surface area (Å²) < 4.78 is 33.9. The molecular formula is C30H34F2N2O2. The number of anilines is 1. The molecule has 1 aliphatic rings. The number of piperidine rings is 1. The zero-order chi connectivity index (χ0) is 25.5. The SMILES string of the molecule is CC(C)C(=O)Nc1cccc(C2CCN(CC[C@@H](Oc3cc(F)ccc3F)c3ccccc3)CC2)c1. The van der Waals surface area contributed by atoms with Crippen LogP contribution in [-0.2, 0) is 4.79 Å². The third-order valence-electron chi connectivity index (χ3n) is 6.78. The largest absolute Gasteiger partial charge is 0.483 e. The fourth-order valence-electron chi connectivity index (χ4n) is 4.63. The van der Waals surface area contributed by atoms with Crippen LogP contribution in [0.3, 0.4) is 0 Å². The molecule has 0 saturated carbocycles. The van der Waals surface area contributed by atoms with E-state index in [9.17, 15) is 13.6 Å². The Hall–Kier alpha value is -3.25. The molecule has 4 nitrogen and oxygen atoms in total. The van der Waals surface area contributed by atoms with Crippen LogP contribution >= 0.6 is 0 Å². The Labute approximate surface area is 212 Å². The third kappa shape index (κ3) is 6.91. The van der Waals surface area contributed by atoms with Gasteiger partial charge in [0.05, 0.1) is 0 Å². The first-order valence-corrected chi connectivity index (χ1v) is 12.7. The monoisotopic (exact) mass is 492 g/mol. The number of halogens is 2. The molecule has 1 heterocycles. The van der Waals surface area contributed by atoms with E-state index < -0.39 is 11.6 Å². The second kappa shape index (κ2) is 12.1. The van der Waals surface area contributed by atoms with Crippen LogP contribution in [0.5, 0.6) is 5.75 Å². The second-order valence-electron chi connectivity index (χ2n) is 9.77. The van der Waals surface area contributed by atoms with E-state index in [2.05, 4.69) is 22.3 Å². The normalized spacial score (nSPS) is 15.6. The van der Waals surface area contributed by atoms with Crippen molar-refractivity contribution >= 4 is 11.6 Å². The summed E-state index contributed by atoms with van der Waals surface area (Å²) in [6.07, 6.45) is 2.34. The molecule has 1 saturated heterocycles. The van der Waals surface area contributed by atoms with Crippen LogP contribution in [0.2, 0.25) is 0 Å². The number of likely N-dealkylation sites (tertiary alicyclic amines) is 1. The van der Waals surface area contributed by atoms with Gasteiger partial charge in [0.2, 0.25) is 5.91 Å². The first kappa shape index (κ1) is 25.8. The van der Waals surface area contributed by atoms with Crippen LogP contribution < -0.4 is 10.1 Å². The highest BCUT2D eigenvalue weighted by molar-refractivity contribution is 5.92. The lowest BCUT2D eigenvalue weighted by molar-refractivity contribution is -0.118. The molecule has 1 N–H and O–H groups in total. The number of nitrogens with zero attached hydrogens (tertiary/aromatic N) is 1. The summed E-state index contributed by atoms with van der Waals surface area (Å²) in [6.45, 7) is 6.47. The van der Waals surface area contributed by atoms with Gasteiger partial charge in [-0.15, -0.1) is 0 Å². The summed E-state index contributed by atoms with van der Waals surface area (Å²) in [6, 6.07) is 21.2. The van der Waals surface area contributed by atoms with Gasteiger partial charge in [-0.05, 0) is 67.2 Å². The Kier molecular flexibility index (Phi) is 8.70. The van der Waals surface area contributed by atoms with Crippen molar-refractivity contribution in [1.82, 2.24) is 4.90 Å². The fraction of sp³-hybridized carbons (Fsp3) is 0.367. The predicted octanol–water partition coefficient (Wildman–Crippen LogP) is 6.95. The van der Waals surface area contributed by atoms with Crippen molar-refractivity contribution in [2.75, 3.05) is 25.0 Å². The highest BCUT2D eigenvalue weighted by atomic mass is 19.1. The summed E-state index contributed by atoms with van der Waals surface area (Å²) in [7, 11) is 0. The first-order valence-electron chi connectivity index (χ1n) is 12.7. The van der Waals surface area contributed by atoms with Gasteiger partial charge < -0.3 is 15.0 Å². The summed E-state index contributed by atoms with van der Waals surface area (Å²) in [5.74, 6) is -0.738. The van der Waals surface area contributed by atoms with Crippen molar-refractivity contribution < 1.29 is 18.3 Å². The van der Waals surface area contributed by atoms with Crippen molar-refractivity contribution in [1.29, 1.82) is 0 Å². The number of ether oxygens (including phenoxy) is 1. The van der Waals surface area contributed by atoms with E-state index in [4.69, 9.17) is 4.74 Å².